The van der Waals surface area contributed by atoms with E-state index < -0.39 is 5.97 Å². The third kappa shape index (κ3) is 5.42. The van der Waals surface area contributed by atoms with Crippen molar-refractivity contribution in [3.63, 3.8) is 0 Å². The van der Waals surface area contributed by atoms with Crippen molar-refractivity contribution in [3.8, 4) is 0 Å². The fourth-order valence-corrected chi connectivity index (χ4v) is 2.83. The van der Waals surface area contributed by atoms with E-state index in [1.54, 1.807) is 12.1 Å². The lowest BCUT2D eigenvalue weighted by atomic mass is 10.1. The molecule has 0 aliphatic carbocycles. The van der Waals surface area contributed by atoms with Crippen LogP contribution >= 0.6 is 11.8 Å². The second kappa shape index (κ2) is 8.54. The quantitative estimate of drug-likeness (QED) is 0.715. The van der Waals surface area contributed by atoms with Gasteiger partial charge in [0.1, 0.15) is 0 Å². The first-order valence-corrected chi connectivity index (χ1v) is 8.79. The molecule has 1 heterocycles. The predicted molar refractivity (Wildman–Crippen MR) is 94.5 cm³/mol. The van der Waals surface area contributed by atoms with E-state index in [9.17, 15) is 9.59 Å². The van der Waals surface area contributed by atoms with E-state index in [1.165, 1.54) is 11.8 Å². The third-order valence-corrected chi connectivity index (χ3v) is 4.35. The van der Waals surface area contributed by atoms with Gasteiger partial charge in [0, 0.05) is 23.6 Å². The van der Waals surface area contributed by atoms with Crippen molar-refractivity contribution in [1.82, 2.24) is 15.1 Å². The fourth-order valence-electron chi connectivity index (χ4n) is 2.27. The Hall–Kier alpha value is -2.28. The number of aromatic nitrogens is 2. The number of aryl methyl sites for hydroxylation is 2. The molecule has 1 aromatic heterocycles. The number of carbonyl (C=O) groups is 2. The molecule has 128 valence electrons. The normalized spacial score (nSPS) is 10.6. The largest absolute Gasteiger partial charge is 0.481 e. The van der Waals surface area contributed by atoms with Gasteiger partial charge in [-0.15, -0.1) is 11.8 Å². The Labute approximate surface area is 145 Å². The number of hydrogen-bond acceptors (Lipinski definition) is 4. The highest BCUT2D eigenvalue weighted by Gasteiger charge is 2.06. The molecular formula is C17H21N3O3S. The second-order valence-electron chi connectivity index (χ2n) is 5.48. The molecule has 0 radical (unpaired) electrons. The lowest BCUT2D eigenvalue weighted by Crippen LogP contribution is -2.26. The van der Waals surface area contributed by atoms with E-state index in [0.717, 1.165) is 17.0 Å². The minimum absolute atomic E-state index is 0.0525. The average Bonchev–Trinajstić information content (AvgIpc) is 2.84. The molecule has 0 saturated carbocycles. The topological polar surface area (TPSA) is 84.2 Å². The van der Waals surface area contributed by atoms with E-state index in [0.29, 0.717) is 24.4 Å². The van der Waals surface area contributed by atoms with Crippen LogP contribution in [0, 0.1) is 13.8 Å². The summed E-state index contributed by atoms with van der Waals surface area (Å²) in [6, 6.07) is 9.46. The number of aliphatic carboxylic acids is 1. The summed E-state index contributed by atoms with van der Waals surface area (Å²) in [7, 11) is 0. The second-order valence-corrected chi connectivity index (χ2v) is 6.59. The molecule has 0 spiro atoms. The summed E-state index contributed by atoms with van der Waals surface area (Å²) < 4.78 is 1.93. The monoisotopic (exact) mass is 347 g/mol. The molecule has 0 fully saturated rings. The standard InChI is InChI=1S/C17H21N3O3S/c1-12-9-13(2)20(19-12)10-14-3-5-15(6-4-14)17(23)18-7-8-24-11-16(21)22/h3-6,9H,7-8,10-11H2,1-2H3,(H,18,23)(H,21,22). The van der Waals surface area contributed by atoms with E-state index in [1.807, 2.05) is 36.7 Å². The minimum Gasteiger partial charge on any atom is -0.481 e. The first-order valence-electron chi connectivity index (χ1n) is 7.63. The van der Waals surface area contributed by atoms with Crippen molar-refractivity contribution in [3.05, 3.63) is 52.8 Å². The van der Waals surface area contributed by atoms with Crippen LogP contribution in [0.15, 0.2) is 30.3 Å². The van der Waals surface area contributed by atoms with Crippen molar-refractivity contribution in [2.45, 2.75) is 20.4 Å². The molecule has 0 unspecified atom stereocenters. The van der Waals surface area contributed by atoms with E-state index >= 15 is 0 Å². The molecule has 0 bridgehead atoms. The molecule has 2 N–H and O–H groups in total. The van der Waals surface area contributed by atoms with Crippen LogP contribution in [-0.4, -0.2) is 44.8 Å². The molecule has 0 saturated heterocycles. The Balaban J connectivity index is 1.83. The summed E-state index contributed by atoms with van der Waals surface area (Å²) in [5.41, 5.74) is 3.77. The summed E-state index contributed by atoms with van der Waals surface area (Å²) in [5, 5.41) is 15.7. The number of rotatable bonds is 8. The molecule has 2 aromatic rings. The van der Waals surface area contributed by atoms with Gasteiger partial charge in [-0.05, 0) is 37.6 Å². The number of carboxylic acids is 1. The number of nitrogens with one attached hydrogen (secondary N) is 1. The van der Waals surface area contributed by atoms with Crippen LogP contribution in [0.1, 0.15) is 27.3 Å². The average molecular weight is 347 g/mol. The zero-order valence-electron chi connectivity index (χ0n) is 13.8. The van der Waals surface area contributed by atoms with Gasteiger partial charge in [-0.2, -0.15) is 5.10 Å². The number of thioether (sulfide) groups is 1. The van der Waals surface area contributed by atoms with Gasteiger partial charge in [0.15, 0.2) is 0 Å². The zero-order chi connectivity index (χ0) is 17.5. The maximum absolute atomic E-state index is 12.0. The van der Waals surface area contributed by atoms with Gasteiger partial charge in [-0.25, -0.2) is 0 Å². The molecule has 24 heavy (non-hydrogen) atoms. The number of carboxylic acid groups (broad SMARTS) is 1. The van der Waals surface area contributed by atoms with E-state index in [-0.39, 0.29) is 11.7 Å². The smallest absolute Gasteiger partial charge is 0.313 e. The van der Waals surface area contributed by atoms with Crippen LogP contribution in [0.25, 0.3) is 0 Å². The summed E-state index contributed by atoms with van der Waals surface area (Å²) in [6.07, 6.45) is 0. The van der Waals surface area contributed by atoms with E-state index in [2.05, 4.69) is 10.4 Å². The maximum Gasteiger partial charge on any atom is 0.313 e. The van der Waals surface area contributed by atoms with E-state index in [4.69, 9.17) is 5.11 Å². The Bertz CT molecular complexity index is 710. The Morgan fingerprint density at radius 1 is 1.25 bits per heavy atom. The number of carbonyl (C=O) groups excluding carboxylic acids is 1. The Kier molecular flexibility index (Phi) is 6.43. The molecule has 2 rings (SSSR count). The summed E-state index contributed by atoms with van der Waals surface area (Å²) in [4.78, 5) is 22.4. The highest BCUT2D eigenvalue weighted by molar-refractivity contribution is 7.99. The predicted octanol–water partition coefficient (Wildman–Crippen LogP) is 2.10. The molecule has 1 aromatic carbocycles. The molecule has 0 atom stereocenters. The van der Waals surface area contributed by atoms with Crippen molar-refractivity contribution in [2.24, 2.45) is 0 Å². The first-order chi connectivity index (χ1) is 11.5. The first kappa shape index (κ1) is 18.1. The lowest BCUT2D eigenvalue weighted by molar-refractivity contribution is -0.133. The Morgan fingerprint density at radius 2 is 1.96 bits per heavy atom. The molecule has 6 nitrogen and oxygen atoms in total. The molecule has 1 amide bonds. The van der Waals surface area contributed by atoms with Gasteiger partial charge in [-0.1, -0.05) is 12.1 Å². The zero-order valence-corrected chi connectivity index (χ0v) is 14.6. The number of nitrogens with zero attached hydrogens (tertiary/aromatic N) is 2. The van der Waals surface area contributed by atoms with Crippen LogP contribution < -0.4 is 5.32 Å². The van der Waals surface area contributed by atoms with Gasteiger partial charge in [0.05, 0.1) is 18.0 Å². The maximum atomic E-state index is 12.0. The summed E-state index contributed by atoms with van der Waals surface area (Å²) in [6.45, 7) is 5.10. The van der Waals surface area contributed by atoms with Crippen LogP contribution in [0.5, 0.6) is 0 Å². The van der Waals surface area contributed by atoms with Crippen molar-refractivity contribution < 1.29 is 14.7 Å². The van der Waals surface area contributed by atoms with Gasteiger partial charge < -0.3 is 10.4 Å². The van der Waals surface area contributed by atoms with Gasteiger partial charge in [0.2, 0.25) is 0 Å². The number of benzene rings is 1. The van der Waals surface area contributed by atoms with Gasteiger partial charge in [-0.3, -0.25) is 14.3 Å². The van der Waals surface area contributed by atoms with Crippen molar-refractivity contribution in [2.75, 3.05) is 18.1 Å². The highest BCUT2D eigenvalue weighted by atomic mass is 32.2. The molecule has 7 heteroatoms. The van der Waals surface area contributed by atoms with Crippen LogP contribution in [-0.2, 0) is 11.3 Å². The molecule has 0 aliphatic rings. The van der Waals surface area contributed by atoms with Crippen molar-refractivity contribution in [1.29, 1.82) is 0 Å². The molecular weight excluding hydrogens is 326 g/mol. The third-order valence-electron chi connectivity index (χ3n) is 3.41. The fraction of sp³-hybridized carbons (Fsp3) is 0.353. The SMILES string of the molecule is Cc1cc(C)n(Cc2ccc(C(=O)NCCSCC(=O)O)cc2)n1. The molecule has 0 aliphatic heterocycles. The lowest BCUT2D eigenvalue weighted by Gasteiger charge is -2.07. The van der Waals surface area contributed by atoms with Crippen LogP contribution in [0.2, 0.25) is 0 Å². The minimum atomic E-state index is -0.843. The number of amides is 1. The van der Waals surface area contributed by atoms with Crippen LogP contribution in [0.3, 0.4) is 0 Å². The number of hydrogen-bond donors (Lipinski definition) is 2. The van der Waals surface area contributed by atoms with Crippen LogP contribution in [0.4, 0.5) is 0 Å². The van der Waals surface area contributed by atoms with Gasteiger partial charge in [0.25, 0.3) is 5.91 Å². The van der Waals surface area contributed by atoms with Crippen molar-refractivity contribution >= 4 is 23.6 Å². The van der Waals surface area contributed by atoms with Gasteiger partial charge >= 0.3 is 5.97 Å². The highest BCUT2D eigenvalue weighted by Crippen LogP contribution is 2.09. The summed E-state index contributed by atoms with van der Waals surface area (Å²) >= 11 is 1.28. The Morgan fingerprint density at radius 3 is 2.54 bits per heavy atom. The summed E-state index contributed by atoms with van der Waals surface area (Å²) in [5.74, 6) is -0.363.